The first kappa shape index (κ1) is 24.3. The maximum absolute atomic E-state index is 9.00. The lowest BCUT2D eigenvalue weighted by Crippen LogP contribution is -2.18. The van der Waals surface area contributed by atoms with Crippen LogP contribution in [0.5, 0.6) is 0 Å². The first-order valence-electron chi connectivity index (χ1n) is 7.39. The number of nitrogens with one attached hydrogen (secondary N) is 2. The predicted molar refractivity (Wildman–Crippen MR) is 83.0 cm³/mol. The van der Waals surface area contributed by atoms with E-state index >= 15 is 0 Å². The topological polar surface area (TPSA) is 102 Å². The van der Waals surface area contributed by atoms with Gasteiger partial charge in [-0.3, -0.25) is 4.79 Å². The predicted octanol–water partition coefficient (Wildman–Crippen LogP) is 0.828. The van der Waals surface area contributed by atoms with Crippen molar-refractivity contribution >= 4 is 5.97 Å². The second-order valence-corrected chi connectivity index (χ2v) is 4.17. The van der Waals surface area contributed by atoms with Gasteiger partial charge in [0.1, 0.15) is 0 Å². The Hall–Kier alpha value is -0.690. The lowest BCUT2D eigenvalue weighted by atomic mass is 10.3. The SMILES string of the molecule is CC(=O)O.CCCCNCCO.CCCCNCCO. The molecule has 0 spiro atoms. The average Bonchev–Trinajstić information content (AvgIpc) is 2.40. The quantitative estimate of drug-likeness (QED) is 0.383. The lowest BCUT2D eigenvalue weighted by Gasteiger charge is -1.97. The Bertz CT molecular complexity index is 141. The van der Waals surface area contributed by atoms with Crippen LogP contribution in [0.1, 0.15) is 46.5 Å². The van der Waals surface area contributed by atoms with Crippen molar-refractivity contribution < 1.29 is 20.1 Å². The molecule has 0 aliphatic rings. The van der Waals surface area contributed by atoms with E-state index in [0.717, 1.165) is 33.1 Å². The van der Waals surface area contributed by atoms with Crippen molar-refractivity contribution in [1.29, 1.82) is 0 Å². The Balaban J connectivity index is -0.000000230. The molecule has 0 radical (unpaired) electrons. The summed E-state index contributed by atoms with van der Waals surface area (Å²) in [6.07, 6.45) is 4.86. The molecule has 0 fully saturated rings. The number of aliphatic hydroxyl groups is 2. The molecule has 0 unspecified atom stereocenters. The highest BCUT2D eigenvalue weighted by Crippen LogP contribution is 1.81. The van der Waals surface area contributed by atoms with Gasteiger partial charge in [-0.25, -0.2) is 0 Å². The van der Waals surface area contributed by atoms with Gasteiger partial charge in [0.25, 0.3) is 5.97 Å². The summed E-state index contributed by atoms with van der Waals surface area (Å²) in [5.41, 5.74) is 0. The summed E-state index contributed by atoms with van der Waals surface area (Å²) >= 11 is 0. The number of carboxylic acid groups (broad SMARTS) is 1. The van der Waals surface area contributed by atoms with E-state index in [1.165, 1.54) is 25.7 Å². The van der Waals surface area contributed by atoms with Gasteiger partial charge in [-0.15, -0.1) is 0 Å². The van der Waals surface area contributed by atoms with Gasteiger partial charge in [0.2, 0.25) is 0 Å². The molecule has 6 heteroatoms. The van der Waals surface area contributed by atoms with Crippen LogP contribution >= 0.6 is 0 Å². The normalized spacial score (nSPS) is 9.05. The Morgan fingerprint density at radius 2 is 1.15 bits per heavy atom. The number of hydrogen-bond donors (Lipinski definition) is 5. The summed E-state index contributed by atoms with van der Waals surface area (Å²) in [5.74, 6) is -0.833. The maximum Gasteiger partial charge on any atom is 0.300 e. The van der Waals surface area contributed by atoms with Crippen molar-refractivity contribution in [3.63, 3.8) is 0 Å². The number of aliphatic carboxylic acids is 1. The van der Waals surface area contributed by atoms with Gasteiger partial charge < -0.3 is 26.0 Å². The molecule has 20 heavy (non-hydrogen) atoms. The van der Waals surface area contributed by atoms with Crippen molar-refractivity contribution in [3.8, 4) is 0 Å². The number of carboxylic acids is 1. The smallest absolute Gasteiger partial charge is 0.300 e. The van der Waals surface area contributed by atoms with Gasteiger partial charge >= 0.3 is 0 Å². The van der Waals surface area contributed by atoms with E-state index < -0.39 is 5.97 Å². The summed E-state index contributed by atoms with van der Waals surface area (Å²) in [5, 5.41) is 30.2. The summed E-state index contributed by atoms with van der Waals surface area (Å²) in [6, 6.07) is 0. The molecule has 0 aromatic rings. The van der Waals surface area contributed by atoms with Crippen molar-refractivity contribution in [2.45, 2.75) is 46.5 Å². The van der Waals surface area contributed by atoms with Crippen LogP contribution in [0.3, 0.4) is 0 Å². The van der Waals surface area contributed by atoms with Crippen LogP contribution in [0.15, 0.2) is 0 Å². The fourth-order valence-electron chi connectivity index (χ4n) is 1.01. The van der Waals surface area contributed by atoms with E-state index in [4.69, 9.17) is 20.1 Å². The van der Waals surface area contributed by atoms with Gasteiger partial charge in [0.05, 0.1) is 13.2 Å². The molecule has 0 aromatic carbocycles. The largest absolute Gasteiger partial charge is 0.481 e. The van der Waals surface area contributed by atoms with Crippen molar-refractivity contribution in [3.05, 3.63) is 0 Å². The van der Waals surface area contributed by atoms with E-state index in [1.807, 2.05) is 0 Å². The van der Waals surface area contributed by atoms with E-state index in [0.29, 0.717) is 0 Å². The highest BCUT2D eigenvalue weighted by Gasteiger charge is 1.81. The molecule has 0 aromatic heterocycles. The Morgan fingerprint density at radius 1 is 0.850 bits per heavy atom. The van der Waals surface area contributed by atoms with Crippen LogP contribution in [-0.2, 0) is 4.79 Å². The van der Waals surface area contributed by atoms with Gasteiger partial charge in [-0.05, 0) is 25.9 Å². The number of aliphatic hydroxyl groups excluding tert-OH is 2. The minimum absolute atomic E-state index is 0.254. The van der Waals surface area contributed by atoms with Gasteiger partial charge in [0, 0.05) is 20.0 Å². The molecule has 5 N–H and O–H groups in total. The summed E-state index contributed by atoms with van der Waals surface area (Å²) in [7, 11) is 0. The first-order chi connectivity index (χ1) is 9.56. The minimum atomic E-state index is -0.833. The fraction of sp³-hybridized carbons (Fsp3) is 0.929. The standard InChI is InChI=1S/2C6H15NO.C2H4O2/c2*1-2-3-4-7-5-6-8;1-2(3)4/h2*7-8H,2-6H2,1H3;1H3,(H,3,4). The third-order valence-corrected chi connectivity index (χ3v) is 1.99. The molecule has 124 valence electrons. The second-order valence-electron chi connectivity index (χ2n) is 4.17. The molecule has 6 nitrogen and oxygen atoms in total. The number of carbonyl (C=O) groups is 1. The number of hydrogen-bond acceptors (Lipinski definition) is 5. The summed E-state index contributed by atoms with van der Waals surface area (Å²) in [4.78, 5) is 9.00. The van der Waals surface area contributed by atoms with E-state index in [2.05, 4.69) is 24.5 Å². The van der Waals surface area contributed by atoms with E-state index in [1.54, 1.807) is 0 Å². The second kappa shape index (κ2) is 26.8. The van der Waals surface area contributed by atoms with Crippen LogP contribution in [0.25, 0.3) is 0 Å². The van der Waals surface area contributed by atoms with Crippen LogP contribution in [0.4, 0.5) is 0 Å². The molecular formula is C14H34N2O4. The molecule has 0 rings (SSSR count). The highest BCUT2D eigenvalue weighted by molar-refractivity contribution is 5.62. The Labute approximate surface area is 123 Å². The number of unbranched alkanes of at least 4 members (excludes halogenated alkanes) is 2. The first-order valence-corrected chi connectivity index (χ1v) is 7.39. The Kier molecular flexibility index (Phi) is 32.6. The average molecular weight is 294 g/mol. The van der Waals surface area contributed by atoms with Crippen LogP contribution < -0.4 is 10.6 Å². The zero-order valence-electron chi connectivity index (χ0n) is 13.3. The molecular weight excluding hydrogens is 260 g/mol. The van der Waals surface area contributed by atoms with Crippen molar-refractivity contribution in [1.82, 2.24) is 10.6 Å². The maximum atomic E-state index is 9.00. The highest BCUT2D eigenvalue weighted by atomic mass is 16.4. The molecule has 0 atom stereocenters. The van der Waals surface area contributed by atoms with Crippen LogP contribution in [-0.4, -0.2) is 60.7 Å². The lowest BCUT2D eigenvalue weighted by molar-refractivity contribution is -0.134. The third-order valence-electron chi connectivity index (χ3n) is 1.99. The molecule has 0 saturated carbocycles. The summed E-state index contributed by atoms with van der Waals surface area (Å²) in [6.45, 7) is 9.45. The molecule has 0 saturated heterocycles. The van der Waals surface area contributed by atoms with Crippen molar-refractivity contribution in [2.75, 3.05) is 39.4 Å². The molecule has 0 aliphatic carbocycles. The summed E-state index contributed by atoms with van der Waals surface area (Å²) < 4.78 is 0. The minimum Gasteiger partial charge on any atom is -0.481 e. The zero-order chi connectivity index (χ0) is 16.1. The fourth-order valence-corrected chi connectivity index (χ4v) is 1.01. The zero-order valence-corrected chi connectivity index (χ0v) is 13.3. The van der Waals surface area contributed by atoms with Gasteiger partial charge in [0.15, 0.2) is 0 Å². The van der Waals surface area contributed by atoms with Gasteiger partial charge in [-0.2, -0.15) is 0 Å². The molecule has 0 amide bonds. The third kappa shape index (κ3) is 53.1. The molecule has 0 aliphatic heterocycles. The van der Waals surface area contributed by atoms with Crippen molar-refractivity contribution in [2.24, 2.45) is 0 Å². The molecule has 0 heterocycles. The monoisotopic (exact) mass is 294 g/mol. The van der Waals surface area contributed by atoms with E-state index in [-0.39, 0.29) is 13.2 Å². The number of rotatable bonds is 10. The molecule has 0 bridgehead atoms. The van der Waals surface area contributed by atoms with Crippen LogP contribution in [0, 0.1) is 0 Å². The van der Waals surface area contributed by atoms with E-state index in [9.17, 15) is 0 Å². The Morgan fingerprint density at radius 3 is 1.35 bits per heavy atom. The van der Waals surface area contributed by atoms with Crippen LogP contribution in [0.2, 0.25) is 0 Å². The van der Waals surface area contributed by atoms with Gasteiger partial charge in [-0.1, -0.05) is 26.7 Å².